The molecule has 3 fully saturated rings. The Morgan fingerprint density at radius 1 is 0.889 bits per heavy atom. The summed E-state index contributed by atoms with van der Waals surface area (Å²) in [6.45, 7) is 0. The first-order chi connectivity index (χ1) is 17.3. The number of hydrogen-bond donors (Lipinski definition) is 2. The van der Waals surface area contributed by atoms with E-state index in [4.69, 9.17) is 4.74 Å². The number of benzene rings is 2. The summed E-state index contributed by atoms with van der Waals surface area (Å²) in [7, 11) is 0. The van der Waals surface area contributed by atoms with E-state index in [2.05, 4.69) is 15.0 Å². The van der Waals surface area contributed by atoms with E-state index in [0.717, 1.165) is 12.1 Å². The molecule has 0 spiro atoms. The quantitative estimate of drug-likeness (QED) is 0.342. The molecule has 0 atom stereocenters. The van der Waals surface area contributed by atoms with Crippen LogP contribution in [0.2, 0.25) is 0 Å². The second-order valence-electron chi connectivity index (χ2n) is 9.82. The van der Waals surface area contributed by atoms with Crippen LogP contribution >= 0.6 is 0 Å². The first kappa shape index (κ1) is 22.6. The number of halogens is 3. The van der Waals surface area contributed by atoms with Crippen molar-refractivity contribution in [2.75, 3.05) is 0 Å². The number of imidazole rings is 1. The molecule has 36 heavy (non-hydrogen) atoms. The van der Waals surface area contributed by atoms with Crippen LogP contribution < -0.4 is 4.74 Å². The molecule has 2 aromatic carbocycles. The Morgan fingerprint density at radius 2 is 1.58 bits per heavy atom. The molecule has 0 amide bonds. The molecule has 3 saturated carbocycles. The minimum Gasteiger partial charge on any atom is -0.481 e. The monoisotopic (exact) mass is 493 g/mol. The summed E-state index contributed by atoms with van der Waals surface area (Å²) in [4.78, 5) is 23.1. The van der Waals surface area contributed by atoms with Gasteiger partial charge >= 0.3 is 5.97 Å². The lowest BCUT2D eigenvalue weighted by molar-refractivity contribution is -0.162. The predicted molar refractivity (Wildman–Crippen MR) is 126 cm³/mol. The highest BCUT2D eigenvalue weighted by Crippen LogP contribution is 2.53. The van der Waals surface area contributed by atoms with Gasteiger partial charge in [0.1, 0.15) is 17.2 Å². The Morgan fingerprint density at radius 3 is 2.22 bits per heavy atom. The van der Waals surface area contributed by atoms with Gasteiger partial charge in [0.15, 0.2) is 11.6 Å². The van der Waals surface area contributed by atoms with E-state index in [1.807, 2.05) is 0 Å². The lowest BCUT2D eigenvalue weighted by Gasteiger charge is -2.50. The fraction of sp³-hybridized carbons (Fsp3) is 0.296. The van der Waals surface area contributed by atoms with E-state index in [-0.39, 0.29) is 28.0 Å². The van der Waals surface area contributed by atoms with E-state index in [0.29, 0.717) is 55.5 Å². The fourth-order valence-electron chi connectivity index (χ4n) is 5.48. The summed E-state index contributed by atoms with van der Waals surface area (Å²) in [5, 5.41) is 9.57. The number of aromatic nitrogens is 3. The molecule has 6 nitrogen and oxygen atoms in total. The maximum Gasteiger partial charge on any atom is 0.309 e. The number of carboxylic acid groups (broad SMARTS) is 1. The minimum absolute atomic E-state index is 0.173. The van der Waals surface area contributed by atoms with Crippen molar-refractivity contribution in [2.45, 2.75) is 44.1 Å². The average molecular weight is 493 g/mol. The molecular weight excluding hydrogens is 471 g/mol. The van der Waals surface area contributed by atoms with Crippen molar-refractivity contribution in [1.82, 2.24) is 15.0 Å². The lowest BCUT2D eigenvalue weighted by atomic mass is 9.58. The van der Waals surface area contributed by atoms with E-state index in [1.54, 1.807) is 30.5 Å². The first-order valence-electron chi connectivity index (χ1n) is 11.8. The van der Waals surface area contributed by atoms with Gasteiger partial charge in [0.2, 0.25) is 5.88 Å². The number of pyridine rings is 1. The summed E-state index contributed by atoms with van der Waals surface area (Å²) in [5.74, 6) is -2.64. The van der Waals surface area contributed by atoms with E-state index in [9.17, 15) is 23.1 Å². The summed E-state index contributed by atoms with van der Waals surface area (Å²) in [6, 6.07) is 10.1. The van der Waals surface area contributed by atoms with Crippen LogP contribution in [0.15, 0.2) is 48.7 Å². The molecule has 0 radical (unpaired) electrons. The van der Waals surface area contributed by atoms with Crippen molar-refractivity contribution in [1.29, 1.82) is 0 Å². The highest BCUT2D eigenvalue weighted by molar-refractivity contribution is 5.80. The van der Waals surface area contributed by atoms with Gasteiger partial charge in [-0.2, -0.15) is 0 Å². The van der Waals surface area contributed by atoms with Gasteiger partial charge in [0.05, 0.1) is 22.0 Å². The third kappa shape index (κ3) is 3.70. The number of ether oxygens (including phenoxy) is 1. The van der Waals surface area contributed by atoms with Crippen molar-refractivity contribution >= 4 is 17.0 Å². The highest BCUT2D eigenvalue weighted by Gasteiger charge is 2.54. The molecule has 3 aliphatic carbocycles. The zero-order valence-electron chi connectivity index (χ0n) is 19.2. The largest absolute Gasteiger partial charge is 0.481 e. The molecule has 0 saturated heterocycles. The highest BCUT2D eigenvalue weighted by atomic mass is 19.2. The number of aliphatic carboxylic acids is 1. The second kappa shape index (κ2) is 8.08. The third-order valence-electron chi connectivity index (χ3n) is 7.77. The molecule has 2 aromatic heterocycles. The van der Waals surface area contributed by atoms with E-state index >= 15 is 0 Å². The van der Waals surface area contributed by atoms with Gasteiger partial charge in [-0.1, -0.05) is 6.07 Å². The number of rotatable bonds is 5. The van der Waals surface area contributed by atoms with Gasteiger partial charge in [-0.3, -0.25) is 4.79 Å². The predicted octanol–water partition coefficient (Wildman–Crippen LogP) is 6.27. The van der Waals surface area contributed by atoms with Gasteiger partial charge in [-0.15, -0.1) is 0 Å². The van der Waals surface area contributed by atoms with Gasteiger partial charge in [0.25, 0.3) is 0 Å². The Hall–Kier alpha value is -3.88. The van der Waals surface area contributed by atoms with Crippen LogP contribution in [0.25, 0.3) is 33.5 Å². The first-order valence-corrected chi connectivity index (χ1v) is 11.8. The van der Waals surface area contributed by atoms with Gasteiger partial charge in [-0.05, 0) is 62.3 Å². The Labute approximate surface area is 204 Å². The molecule has 2 bridgehead atoms. The van der Waals surface area contributed by atoms with Crippen LogP contribution in [-0.2, 0) is 4.79 Å². The van der Waals surface area contributed by atoms with Crippen molar-refractivity contribution in [2.24, 2.45) is 5.41 Å². The molecule has 0 aliphatic heterocycles. The molecule has 2 N–H and O–H groups in total. The van der Waals surface area contributed by atoms with Crippen LogP contribution in [0.5, 0.6) is 5.88 Å². The number of nitrogens with one attached hydrogen (secondary N) is 1. The van der Waals surface area contributed by atoms with Gasteiger partial charge in [-0.25, -0.2) is 23.1 Å². The zero-order valence-corrected chi connectivity index (χ0v) is 19.2. The topological polar surface area (TPSA) is 88.1 Å². The van der Waals surface area contributed by atoms with Crippen LogP contribution in [0.4, 0.5) is 13.2 Å². The lowest BCUT2D eigenvalue weighted by Crippen LogP contribution is -2.52. The number of nitrogens with zero attached hydrogens (tertiary/aromatic N) is 2. The van der Waals surface area contributed by atoms with Crippen LogP contribution in [0.3, 0.4) is 0 Å². The van der Waals surface area contributed by atoms with E-state index < -0.39 is 28.8 Å². The Bertz CT molecular complexity index is 1440. The maximum atomic E-state index is 15.0. The summed E-state index contributed by atoms with van der Waals surface area (Å²) in [5.41, 5.74) is 0.965. The molecule has 2 heterocycles. The number of aromatic amines is 1. The average Bonchev–Trinajstić information content (AvgIpc) is 3.27. The van der Waals surface area contributed by atoms with Crippen LogP contribution in [0, 0.1) is 22.9 Å². The summed E-state index contributed by atoms with van der Waals surface area (Å²) >= 11 is 0. The maximum absolute atomic E-state index is 15.0. The van der Waals surface area contributed by atoms with Gasteiger partial charge in [0, 0.05) is 30.0 Å². The SMILES string of the molecule is O=C(O)C12CCC(Oc3ccc(-c4ccc(-c5nc6cc(F)c(F)cc6[nH]5)c(F)c4)cn3)(CC1)CC2. The number of fused-ring (bicyclic) bond motifs is 4. The molecule has 3 aliphatic rings. The van der Waals surface area contributed by atoms with Crippen LogP contribution in [-0.4, -0.2) is 31.6 Å². The summed E-state index contributed by atoms with van der Waals surface area (Å²) in [6.07, 6.45) is 5.52. The number of carboxylic acids is 1. The fourth-order valence-corrected chi connectivity index (χ4v) is 5.48. The molecule has 184 valence electrons. The normalized spacial score (nSPS) is 23.2. The van der Waals surface area contributed by atoms with Crippen molar-refractivity contribution in [3.63, 3.8) is 0 Å². The third-order valence-corrected chi connectivity index (χ3v) is 7.77. The minimum atomic E-state index is -1.02. The molecular formula is C27H22F3N3O3. The molecule has 9 heteroatoms. The van der Waals surface area contributed by atoms with Crippen molar-refractivity contribution < 1.29 is 27.8 Å². The molecule has 4 aromatic rings. The van der Waals surface area contributed by atoms with E-state index in [1.165, 1.54) is 6.07 Å². The number of H-pyrrole nitrogens is 1. The van der Waals surface area contributed by atoms with Crippen molar-refractivity contribution in [3.8, 4) is 28.4 Å². The summed E-state index contributed by atoms with van der Waals surface area (Å²) < 4.78 is 48.2. The smallest absolute Gasteiger partial charge is 0.309 e. The Kier molecular flexibility index (Phi) is 5.07. The number of hydrogen-bond acceptors (Lipinski definition) is 4. The molecule has 0 unspecified atom stereocenters. The van der Waals surface area contributed by atoms with Gasteiger partial charge < -0.3 is 14.8 Å². The van der Waals surface area contributed by atoms with Crippen molar-refractivity contribution in [3.05, 3.63) is 66.1 Å². The van der Waals surface area contributed by atoms with Crippen LogP contribution in [0.1, 0.15) is 38.5 Å². The zero-order chi connectivity index (χ0) is 25.1. The molecule has 7 rings (SSSR count). The standard InChI is InChI=1S/C27H22F3N3O3/c28-18-11-15(1-3-17(18)24-32-21-12-19(29)20(30)13-22(21)33-24)16-2-4-23(31-14-16)36-27-8-5-26(6-9-27,7-10-27)25(34)35/h1-4,11-14H,5-10H2,(H,32,33)(H,34,35). The Balaban J connectivity index is 1.20. The second-order valence-corrected chi connectivity index (χ2v) is 9.82. The number of carbonyl (C=O) groups is 1.